The van der Waals surface area contributed by atoms with Gasteiger partial charge in [0.15, 0.2) is 5.60 Å². The van der Waals surface area contributed by atoms with Crippen LogP contribution in [0.15, 0.2) is 0 Å². The Balaban J connectivity index is 2.79. The first-order valence-electron chi connectivity index (χ1n) is 3.87. The molecule has 0 aromatic carbocycles. The maximum atomic E-state index is 10.5. The van der Waals surface area contributed by atoms with E-state index in [4.69, 9.17) is 20.4 Å². The zero-order valence-corrected chi connectivity index (χ0v) is 6.79. The molecule has 1 saturated carbocycles. The number of carbonyl (C=O) groups is 1. The minimum atomic E-state index is -2.14. The number of aliphatic hydroxyl groups is 4. The second-order valence-corrected chi connectivity index (χ2v) is 3.37. The van der Waals surface area contributed by atoms with Crippen LogP contribution >= 0.6 is 0 Å². The summed E-state index contributed by atoms with van der Waals surface area (Å²) >= 11 is 0. The van der Waals surface area contributed by atoms with E-state index in [2.05, 4.69) is 0 Å². The number of hydrogen-bond acceptors (Lipinski definition) is 5. The molecule has 6 nitrogen and oxygen atoms in total. The Bertz CT molecular complexity index is 203. The molecule has 0 saturated heterocycles. The molecule has 76 valence electrons. The van der Waals surface area contributed by atoms with E-state index in [9.17, 15) is 9.90 Å². The van der Waals surface area contributed by atoms with Crippen molar-refractivity contribution >= 4 is 5.97 Å². The molecule has 0 radical (unpaired) electrons. The standard InChI is InChI=1S/C7H12O6/c8-3-1-7(13,6(11)12)2-4(9)5(3)10/h3-5,8-10,13H,1-2H2,(H,11,12)/t3-,4-,5-,7-/m1/s1. The van der Waals surface area contributed by atoms with Crippen molar-refractivity contribution in [3.63, 3.8) is 0 Å². The van der Waals surface area contributed by atoms with E-state index < -0.39 is 42.7 Å². The Morgan fingerprint density at radius 2 is 1.54 bits per heavy atom. The van der Waals surface area contributed by atoms with Crippen LogP contribution in [0.3, 0.4) is 0 Å². The topological polar surface area (TPSA) is 118 Å². The van der Waals surface area contributed by atoms with Crippen LogP contribution in [0, 0.1) is 0 Å². The van der Waals surface area contributed by atoms with Crippen LogP contribution in [0.5, 0.6) is 0 Å². The molecule has 0 bridgehead atoms. The molecule has 0 unspecified atom stereocenters. The van der Waals surface area contributed by atoms with Crippen molar-refractivity contribution in [1.29, 1.82) is 0 Å². The first kappa shape index (κ1) is 10.4. The Morgan fingerprint density at radius 3 is 1.85 bits per heavy atom. The van der Waals surface area contributed by atoms with Gasteiger partial charge in [-0.15, -0.1) is 0 Å². The largest absolute Gasteiger partial charge is 0.479 e. The average molecular weight is 192 g/mol. The summed E-state index contributed by atoms with van der Waals surface area (Å²) in [7, 11) is 0. The zero-order chi connectivity index (χ0) is 10.2. The van der Waals surface area contributed by atoms with Gasteiger partial charge in [-0.3, -0.25) is 0 Å². The van der Waals surface area contributed by atoms with Crippen LogP contribution in [0.2, 0.25) is 0 Å². The lowest BCUT2D eigenvalue weighted by atomic mass is 9.80. The Hall–Kier alpha value is -0.690. The molecule has 1 aliphatic carbocycles. The van der Waals surface area contributed by atoms with Gasteiger partial charge in [-0.2, -0.15) is 0 Å². The van der Waals surface area contributed by atoms with Crippen molar-refractivity contribution in [3.8, 4) is 0 Å². The predicted octanol–water partition coefficient (Wildman–Crippen LogP) is -2.32. The van der Waals surface area contributed by atoms with E-state index in [1.54, 1.807) is 0 Å². The van der Waals surface area contributed by atoms with E-state index in [0.717, 1.165) is 0 Å². The molecule has 13 heavy (non-hydrogen) atoms. The van der Waals surface area contributed by atoms with Crippen LogP contribution in [0.1, 0.15) is 12.8 Å². The highest BCUT2D eigenvalue weighted by molar-refractivity contribution is 5.77. The molecule has 1 rings (SSSR count). The molecule has 0 aromatic heterocycles. The lowest BCUT2D eigenvalue weighted by Gasteiger charge is -2.37. The molecule has 5 N–H and O–H groups in total. The highest BCUT2D eigenvalue weighted by atomic mass is 16.4. The van der Waals surface area contributed by atoms with Crippen molar-refractivity contribution in [1.82, 2.24) is 0 Å². The third-order valence-corrected chi connectivity index (χ3v) is 2.28. The van der Waals surface area contributed by atoms with E-state index in [1.165, 1.54) is 0 Å². The van der Waals surface area contributed by atoms with Gasteiger partial charge in [0.1, 0.15) is 6.10 Å². The minimum Gasteiger partial charge on any atom is -0.479 e. The Labute approximate surface area is 74.1 Å². The van der Waals surface area contributed by atoms with Crippen molar-refractivity contribution in [2.75, 3.05) is 0 Å². The maximum Gasteiger partial charge on any atom is 0.335 e. The quantitative estimate of drug-likeness (QED) is 0.318. The first-order chi connectivity index (χ1) is 5.87. The summed E-state index contributed by atoms with van der Waals surface area (Å²) < 4.78 is 0. The van der Waals surface area contributed by atoms with Gasteiger partial charge < -0.3 is 25.5 Å². The highest BCUT2D eigenvalue weighted by Gasteiger charge is 2.48. The number of carboxylic acids is 1. The van der Waals surface area contributed by atoms with Gasteiger partial charge in [0.25, 0.3) is 0 Å². The lowest BCUT2D eigenvalue weighted by molar-refractivity contribution is -0.187. The maximum absolute atomic E-state index is 10.5. The fourth-order valence-electron chi connectivity index (χ4n) is 1.45. The molecule has 1 fully saturated rings. The third kappa shape index (κ3) is 1.80. The number of carboxylic acid groups (broad SMARTS) is 1. The molecule has 0 heterocycles. The Kier molecular flexibility index (Phi) is 2.58. The summed E-state index contributed by atoms with van der Waals surface area (Å²) in [5.74, 6) is -1.50. The van der Waals surface area contributed by atoms with E-state index in [-0.39, 0.29) is 0 Å². The second kappa shape index (κ2) is 3.22. The summed E-state index contributed by atoms with van der Waals surface area (Å²) in [6.45, 7) is 0. The molecule has 0 spiro atoms. The van der Waals surface area contributed by atoms with Crippen LogP contribution in [-0.4, -0.2) is 55.4 Å². The highest BCUT2D eigenvalue weighted by Crippen LogP contribution is 2.29. The SMILES string of the molecule is O=C(O)[C@]1(O)C[C@@H](O)[C@H](O)[C@H](O)C1. The number of aliphatic hydroxyl groups excluding tert-OH is 3. The molecule has 0 aromatic rings. The molecular weight excluding hydrogens is 180 g/mol. The van der Waals surface area contributed by atoms with Gasteiger partial charge in [0.05, 0.1) is 12.2 Å². The average Bonchev–Trinajstić information content (AvgIpc) is 2.00. The summed E-state index contributed by atoms with van der Waals surface area (Å²) in [4.78, 5) is 10.5. The molecule has 6 heteroatoms. The summed E-state index contributed by atoms with van der Waals surface area (Å²) in [5.41, 5.74) is -2.14. The van der Waals surface area contributed by atoms with E-state index in [1.807, 2.05) is 0 Å². The van der Waals surface area contributed by atoms with Crippen molar-refractivity contribution in [3.05, 3.63) is 0 Å². The van der Waals surface area contributed by atoms with Gasteiger partial charge in [-0.25, -0.2) is 4.79 Å². The summed E-state index contributed by atoms with van der Waals surface area (Å²) in [5, 5.41) is 45.2. The fraction of sp³-hybridized carbons (Fsp3) is 0.857. The summed E-state index contributed by atoms with van der Waals surface area (Å²) in [6, 6.07) is 0. The normalized spacial score (nSPS) is 46.0. The predicted molar refractivity (Wildman–Crippen MR) is 39.8 cm³/mol. The van der Waals surface area contributed by atoms with E-state index >= 15 is 0 Å². The van der Waals surface area contributed by atoms with Crippen LogP contribution in [0.4, 0.5) is 0 Å². The first-order valence-corrected chi connectivity index (χ1v) is 3.87. The van der Waals surface area contributed by atoms with Gasteiger partial charge in [0.2, 0.25) is 0 Å². The minimum absolute atomic E-state index is 0.472. The van der Waals surface area contributed by atoms with Crippen molar-refractivity contribution in [2.45, 2.75) is 36.8 Å². The molecular formula is C7H12O6. The van der Waals surface area contributed by atoms with Crippen molar-refractivity contribution in [2.24, 2.45) is 0 Å². The molecule has 0 aliphatic heterocycles. The van der Waals surface area contributed by atoms with Crippen LogP contribution in [-0.2, 0) is 4.79 Å². The Morgan fingerprint density at radius 1 is 1.15 bits per heavy atom. The van der Waals surface area contributed by atoms with Crippen LogP contribution in [0.25, 0.3) is 0 Å². The van der Waals surface area contributed by atoms with Crippen molar-refractivity contribution < 1.29 is 30.3 Å². The number of rotatable bonds is 1. The molecule has 1 aliphatic rings. The lowest BCUT2D eigenvalue weighted by Crippen LogP contribution is -2.56. The van der Waals surface area contributed by atoms with Gasteiger partial charge in [-0.1, -0.05) is 0 Å². The van der Waals surface area contributed by atoms with Gasteiger partial charge in [0, 0.05) is 12.8 Å². The molecule has 2 atom stereocenters. The van der Waals surface area contributed by atoms with E-state index in [0.29, 0.717) is 0 Å². The van der Waals surface area contributed by atoms with Gasteiger partial charge >= 0.3 is 5.97 Å². The smallest absolute Gasteiger partial charge is 0.335 e. The molecule has 0 amide bonds. The van der Waals surface area contributed by atoms with Crippen LogP contribution < -0.4 is 0 Å². The second-order valence-electron chi connectivity index (χ2n) is 3.37. The summed E-state index contributed by atoms with van der Waals surface area (Å²) in [6.07, 6.45) is -5.16. The fourth-order valence-corrected chi connectivity index (χ4v) is 1.45. The number of hydrogen-bond donors (Lipinski definition) is 5. The zero-order valence-electron chi connectivity index (χ0n) is 6.79. The van der Waals surface area contributed by atoms with Gasteiger partial charge in [-0.05, 0) is 0 Å². The number of aliphatic carboxylic acids is 1. The monoisotopic (exact) mass is 192 g/mol. The third-order valence-electron chi connectivity index (χ3n) is 2.28.